The van der Waals surface area contributed by atoms with Crippen LogP contribution in [0.5, 0.6) is 0 Å². The number of carbonyl (C=O) groups is 1. The number of H-pyrrole nitrogens is 1. The Morgan fingerprint density at radius 3 is 3.00 bits per heavy atom. The number of aromatic nitrogens is 2. The number of likely N-dealkylation sites (tertiary alicyclic amines) is 1. The largest absolute Gasteiger partial charge is 0.388 e. The molecule has 8 nitrogen and oxygen atoms in total. The quantitative estimate of drug-likeness (QED) is 0.565. The van der Waals surface area contributed by atoms with Gasteiger partial charge in [0.2, 0.25) is 5.91 Å². The van der Waals surface area contributed by atoms with Crippen LogP contribution in [0.2, 0.25) is 0 Å². The summed E-state index contributed by atoms with van der Waals surface area (Å²) in [6.45, 7) is 1.43. The van der Waals surface area contributed by atoms with E-state index in [0.717, 1.165) is 16.9 Å². The lowest BCUT2D eigenvalue weighted by molar-refractivity contribution is -0.129. The zero-order valence-corrected chi connectivity index (χ0v) is 14.5. The number of rotatable bonds is 6. The highest BCUT2D eigenvalue weighted by molar-refractivity contribution is 5.88. The van der Waals surface area contributed by atoms with Crippen molar-refractivity contribution in [1.29, 1.82) is 0 Å². The number of amides is 1. The highest BCUT2D eigenvalue weighted by Gasteiger charge is 2.29. The summed E-state index contributed by atoms with van der Waals surface area (Å²) in [6.07, 6.45) is 6.46. The lowest BCUT2D eigenvalue weighted by Gasteiger charge is -2.39. The Kier molecular flexibility index (Phi) is 5.33. The van der Waals surface area contributed by atoms with Gasteiger partial charge in [-0.3, -0.25) is 14.6 Å². The van der Waals surface area contributed by atoms with Crippen molar-refractivity contribution in [2.24, 2.45) is 5.73 Å². The van der Waals surface area contributed by atoms with Crippen molar-refractivity contribution < 1.29 is 4.79 Å². The molecule has 0 bridgehead atoms. The predicted molar refractivity (Wildman–Crippen MR) is 102 cm³/mol. The monoisotopic (exact) mass is 354 g/mol. The second-order valence-corrected chi connectivity index (χ2v) is 6.03. The predicted octanol–water partition coefficient (Wildman–Crippen LogP) is 0.616. The van der Waals surface area contributed by atoms with Crippen molar-refractivity contribution in [2.45, 2.75) is 6.04 Å². The van der Waals surface area contributed by atoms with Crippen LogP contribution in [0.25, 0.3) is 11.3 Å². The second kappa shape index (κ2) is 7.83. The van der Waals surface area contributed by atoms with Crippen molar-refractivity contribution >= 4 is 17.3 Å². The SMILES string of the molecule is CNc1ccnc(-c2c[nH]c(=O)c(NC3CN(C(=O)C=CCN)C3)c2)c1. The number of carbonyl (C=O) groups excluding carboxylic acids is 1. The van der Waals surface area contributed by atoms with E-state index < -0.39 is 0 Å². The lowest BCUT2D eigenvalue weighted by Crippen LogP contribution is -2.57. The molecular formula is C18H22N6O2. The molecule has 8 heteroatoms. The molecular weight excluding hydrogens is 332 g/mol. The maximum absolute atomic E-state index is 12.1. The average Bonchev–Trinajstić information content (AvgIpc) is 2.63. The molecule has 3 heterocycles. The van der Waals surface area contributed by atoms with Gasteiger partial charge in [-0.25, -0.2) is 0 Å². The molecule has 0 aliphatic carbocycles. The topological polar surface area (TPSA) is 116 Å². The molecule has 2 aromatic rings. The molecule has 1 saturated heterocycles. The van der Waals surface area contributed by atoms with Crippen LogP contribution >= 0.6 is 0 Å². The minimum atomic E-state index is -0.202. The van der Waals surface area contributed by atoms with E-state index in [2.05, 4.69) is 20.6 Å². The van der Waals surface area contributed by atoms with Crippen LogP contribution in [0, 0.1) is 0 Å². The van der Waals surface area contributed by atoms with Crippen LogP contribution in [-0.2, 0) is 4.79 Å². The van der Waals surface area contributed by atoms with Crippen molar-refractivity contribution in [3.05, 3.63) is 53.1 Å². The van der Waals surface area contributed by atoms with Gasteiger partial charge in [0.05, 0.1) is 11.7 Å². The summed E-state index contributed by atoms with van der Waals surface area (Å²) < 4.78 is 0. The molecule has 5 N–H and O–H groups in total. The number of nitrogens with one attached hydrogen (secondary N) is 3. The smallest absolute Gasteiger partial charge is 0.271 e. The summed E-state index contributed by atoms with van der Waals surface area (Å²) in [5, 5.41) is 6.26. The van der Waals surface area contributed by atoms with Gasteiger partial charge < -0.3 is 26.3 Å². The average molecular weight is 354 g/mol. The highest BCUT2D eigenvalue weighted by Crippen LogP contribution is 2.21. The summed E-state index contributed by atoms with van der Waals surface area (Å²) in [7, 11) is 1.84. The van der Waals surface area contributed by atoms with E-state index in [0.29, 0.717) is 25.3 Å². The zero-order chi connectivity index (χ0) is 18.5. The normalized spacial score (nSPS) is 14.3. The van der Waals surface area contributed by atoms with Crippen molar-refractivity contribution in [1.82, 2.24) is 14.9 Å². The molecule has 0 unspecified atom stereocenters. The number of nitrogens with zero attached hydrogens (tertiary/aromatic N) is 2. The van der Waals surface area contributed by atoms with Gasteiger partial charge in [-0.05, 0) is 18.2 Å². The van der Waals surface area contributed by atoms with Crippen LogP contribution < -0.4 is 21.9 Å². The minimum Gasteiger partial charge on any atom is -0.388 e. The maximum Gasteiger partial charge on any atom is 0.271 e. The van der Waals surface area contributed by atoms with Gasteiger partial charge in [-0.2, -0.15) is 0 Å². The van der Waals surface area contributed by atoms with E-state index in [1.54, 1.807) is 29.4 Å². The Morgan fingerprint density at radius 1 is 1.46 bits per heavy atom. The minimum absolute atomic E-state index is 0.0400. The molecule has 1 aliphatic heterocycles. The summed E-state index contributed by atoms with van der Waals surface area (Å²) in [5.74, 6) is -0.0655. The molecule has 1 fully saturated rings. The van der Waals surface area contributed by atoms with Crippen LogP contribution in [0.4, 0.5) is 11.4 Å². The Hall–Kier alpha value is -3.13. The van der Waals surface area contributed by atoms with Gasteiger partial charge in [0.15, 0.2) is 0 Å². The number of pyridine rings is 2. The van der Waals surface area contributed by atoms with Crippen LogP contribution in [-0.4, -0.2) is 53.5 Å². The third-order valence-corrected chi connectivity index (χ3v) is 4.20. The lowest BCUT2D eigenvalue weighted by atomic mass is 10.1. The fourth-order valence-corrected chi connectivity index (χ4v) is 2.73. The van der Waals surface area contributed by atoms with E-state index in [4.69, 9.17) is 5.73 Å². The summed E-state index contributed by atoms with van der Waals surface area (Å²) in [6, 6.07) is 5.59. The molecule has 1 amide bonds. The molecule has 0 aromatic carbocycles. The first kappa shape index (κ1) is 17.7. The van der Waals surface area contributed by atoms with Gasteiger partial charge in [0.1, 0.15) is 5.69 Å². The number of anilines is 2. The summed E-state index contributed by atoms with van der Waals surface area (Å²) >= 11 is 0. The van der Waals surface area contributed by atoms with Crippen molar-refractivity contribution in [3.8, 4) is 11.3 Å². The van der Waals surface area contributed by atoms with E-state index in [-0.39, 0.29) is 17.5 Å². The summed E-state index contributed by atoms with van der Waals surface area (Å²) in [4.78, 5) is 32.7. The number of aromatic amines is 1. The first-order valence-electron chi connectivity index (χ1n) is 8.39. The molecule has 0 saturated carbocycles. The Bertz CT molecular complexity index is 870. The Balaban J connectivity index is 1.69. The van der Waals surface area contributed by atoms with E-state index in [1.807, 2.05) is 19.2 Å². The first-order chi connectivity index (χ1) is 12.6. The molecule has 0 atom stereocenters. The maximum atomic E-state index is 12.1. The van der Waals surface area contributed by atoms with E-state index in [9.17, 15) is 9.59 Å². The zero-order valence-electron chi connectivity index (χ0n) is 14.5. The third-order valence-electron chi connectivity index (χ3n) is 4.20. The van der Waals surface area contributed by atoms with Gasteiger partial charge in [-0.15, -0.1) is 0 Å². The molecule has 1 aliphatic rings. The van der Waals surface area contributed by atoms with Gasteiger partial charge in [0.25, 0.3) is 5.56 Å². The van der Waals surface area contributed by atoms with Crippen LogP contribution in [0.1, 0.15) is 0 Å². The number of hydrogen-bond acceptors (Lipinski definition) is 6. The van der Waals surface area contributed by atoms with Crippen molar-refractivity contribution in [2.75, 3.05) is 37.3 Å². The molecule has 0 spiro atoms. The highest BCUT2D eigenvalue weighted by atomic mass is 16.2. The van der Waals surface area contributed by atoms with E-state index in [1.165, 1.54) is 6.08 Å². The third kappa shape index (κ3) is 3.92. The summed E-state index contributed by atoms with van der Waals surface area (Å²) in [5.41, 5.74) is 8.11. The van der Waals surface area contributed by atoms with Crippen LogP contribution in [0.3, 0.4) is 0 Å². The first-order valence-corrected chi connectivity index (χ1v) is 8.39. The molecule has 2 aromatic heterocycles. The molecule has 0 radical (unpaired) electrons. The molecule has 3 rings (SSSR count). The van der Waals surface area contributed by atoms with Gasteiger partial charge in [-0.1, -0.05) is 6.08 Å². The molecule has 26 heavy (non-hydrogen) atoms. The van der Waals surface area contributed by atoms with Gasteiger partial charge in [0, 0.05) is 56.4 Å². The van der Waals surface area contributed by atoms with Crippen LogP contribution in [0.15, 0.2) is 47.5 Å². The standard InChI is InChI=1S/C18H22N6O2/c1-20-13-4-6-21-15(8-13)12-7-16(18(26)22-9-12)23-14-10-24(11-14)17(25)3-2-5-19/h2-4,6-9,14,23H,5,10-11,19H2,1H3,(H,20,21)(H,22,26). The fraction of sp³-hybridized carbons (Fsp3) is 0.278. The number of nitrogens with two attached hydrogens (primary N) is 1. The van der Waals surface area contributed by atoms with E-state index >= 15 is 0 Å². The van der Waals surface area contributed by atoms with Crippen molar-refractivity contribution in [3.63, 3.8) is 0 Å². The fourth-order valence-electron chi connectivity index (χ4n) is 2.73. The van der Waals surface area contributed by atoms with Gasteiger partial charge >= 0.3 is 0 Å². The molecule has 136 valence electrons. The Labute approximate surface area is 151 Å². The Morgan fingerprint density at radius 2 is 2.27 bits per heavy atom. The second-order valence-electron chi connectivity index (χ2n) is 6.03. The number of hydrogen-bond donors (Lipinski definition) is 4.